The van der Waals surface area contributed by atoms with Crippen molar-refractivity contribution in [2.24, 2.45) is 0 Å². The zero-order valence-corrected chi connectivity index (χ0v) is 13.6. The molecule has 0 aromatic heterocycles. The summed E-state index contributed by atoms with van der Waals surface area (Å²) in [5, 5.41) is 21.6. The Morgan fingerprint density at radius 3 is 2.12 bits per heavy atom. The molecule has 4 nitrogen and oxygen atoms in total. The van der Waals surface area contributed by atoms with Gasteiger partial charge in [0, 0.05) is 5.39 Å². The van der Waals surface area contributed by atoms with Crippen molar-refractivity contribution < 1.29 is 9.47 Å². The van der Waals surface area contributed by atoms with Crippen LogP contribution >= 0.6 is 0 Å². The first-order valence-electron chi connectivity index (χ1n) is 7.98. The summed E-state index contributed by atoms with van der Waals surface area (Å²) in [5.41, 5.74) is 2.04. The summed E-state index contributed by atoms with van der Waals surface area (Å²) in [7, 11) is 0. The highest BCUT2D eigenvalue weighted by atomic mass is 16.5. The summed E-state index contributed by atoms with van der Waals surface area (Å²) < 4.78 is 10.1. The van der Waals surface area contributed by atoms with E-state index in [-0.39, 0.29) is 0 Å². The fraction of sp³-hybridized carbons (Fsp3) is 0. The van der Waals surface area contributed by atoms with Crippen LogP contribution in [-0.4, -0.2) is 0 Å². The van der Waals surface area contributed by atoms with Gasteiger partial charge in [-0.25, -0.2) is 0 Å². The molecule has 0 N–H and O–H groups in total. The second-order valence-electron chi connectivity index (χ2n) is 5.73. The number of rotatable bonds is 3. The first-order chi connectivity index (χ1) is 12.8. The van der Waals surface area contributed by atoms with Gasteiger partial charge in [-0.15, -0.1) is 10.5 Å². The van der Waals surface area contributed by atoms with Crippen LogP contribution in [0.15, 0.2) is 72.8 Å². The van der Waals surface area contributed by atoms with Crippen molar-refractivity contribution in [3.05, 3.63) is 72.8 Å². The number of ether oxygens (including phenoxy) is 2. The molecule has 0 aliphatic carbocycles. The number of benzene rings is 4. The van der Waals surface area contributed by atoms with Gasteiger partial charge >= 0.3 is 0 Å². The topological polar surface area (TPSA) is 66.0 Å². The van der Waals surface area contributed by atoms with Gasteiger partial charge in [-0.2, -0.15) is 0 Å². The summed E-state index contributed by atoms with van der Waals surface area (Å²) in [6.45, 7) is 0. The molecule has 0 radical (unpaired) electrons. The van der Waals surface area contributed by atoms with E-state index in [0.29, 0.717) is 11.5 Å². The second-order valence-corrected chi connectivity index (χ2v) is 5.73. The molecule has 0 atom stereocenters. The van der Waals surface area contributed by atoms with Gasteiger partial charge in [0.15, 0.2) is 0 Å². The minimum absolute atomic E-state index is 0.501. The molecule has 4 heteroatoms. The third-order valence-corrected chi connectivity index (χ3v) is 4.34. The SMILES string of the molecule is N#COc1ccc2cccc(-c3cccc4c(OC#N)cccc34)c2c1. The highest BCUT2D eigenvalue weighted by molar-refractivity contribution is 6.07. The molecular weight excluding hydrogens is 324 g/mol. The van der Waals surface area contributed by atoms with Crippen molar-refractivity contribution in [3.63, 3.8) is 0 Å². The van der Waals surface area contributed by atoms with Crippen molar-refractivity contribution >= 4 is 21.5 Å². The first-order valence-corrected chi connectivity index (χ1v) is 7.98. The Labute approximate surface area is 150 Å². The minimum atomic E-state index is 0.501. The van der Waals surface area contributed by atoms with E-state index in [9.17, 15) is 0 Å². The third-order valence-electron chi connectivity index (χ3n) is 4.34. The van der Waals surface area contributed by atoms with Gasteiger partial charge in [-0.3, -0.25) is 0 Å². The number of hydrogen-bond acceptors (Lipinski definition) is 4. The summed E-state index contributed by atoms with van der Waals surface area (Å²) in [5.74, 6) is 1.03. The number of hydrogen-bond donors (Lipinski definition) is 0. The van der Waals surface area contributed by atoms with E-state index in [1.807, 2.05) is 60.7 Å². The fourth-order valence-electron chi connectivity index (χ4n) is 3.26. The van der Waals surface area contributed by atoms with Crippen LogP contribution in [-0.2, 0) is 0 Å². The van der Waals surface area contributed by atoms with Gasteiger partial charge in [0.1, 0.15) is 11.5 Å². The highest BCUT2D eigenvalue weighted by Crippen LogP contribution is 2.37. The van der Waals surface area contributed by atoms with Crippen molar-refractivity contribution in [2.75, 3.05) is 0 Å². The van der Waals surface area contributed by atoms with Crippen LogP contribution in [0.1, 0.15) is 0 Å². The zero-order valence-electron chi connectivity index (χ0n) is 13.6. The molecule has 0 aliphatic heterocycles. The summed E-state index contributed by atoms with van der Waals surface area (Å²) in [6, 6.07) is 23.2. The molecule has 4 aromatic rings. The van der Waals surface area contributed by atoms with Crippen molar-refractivity contribution in [2.45, 2.75) is 0 Å². The standard InChI is InChI=1S/C22H12N2O2/c23-13-25-16-11-10-15-4-1-5-19(21(15)12-16)17-6-2-8-20-18(17)7-3-9-22(20)26-14-24/h1-12H. The molecule has 0 amide bonds. The van der Waals surface area contributed by atoms with E-state index in [1.165, 1.54) is 0 Å². The summed E-state index contributed by atoms with van der Waals surface area (Å²) >= 11 is 0. The molecule has 0 saturated heterocycles. The second kappa shape index (κ2) is 6.47. The van der Waals surface area contributed by atoms with Crippen LogP contribution in [0.5, 0.6) is 11.5 Å². The number of fused-ring (bicyclic) bond motifs is 2. The van der Waals surface area contributed by atoms with Gasteiger partial charge < -0.3 is 9.47 Å². The first kappa shape index (κ1) is 15.5. The van der Waals surface area contributed by atoms with Crippen LogP contribution in [0.4, 0.5) is 0 Å². The average molecular weight is 336 g/mol. The summed E-state index contributed by atoms with van der Waals surface area (Å²) in [4.78, 5) is 0. The Kier molecular flexibility index (Phi) is 3.86. The maximum Gasteiger partial charge on any atom is 0.292 e. The molecule has 122 valence electrons. The lowest BCUT2D eigenvalue weighted by atomic mass is 9.93. The Morgan fingerprint density at radius 2 is 1.31 bits per heavy atom. The Balaban J connectivity index is 2.02. The number of nitrogens with zero attached hydrogens (tertiary/aromatic N) is 2. The smallest absolute Gasteiger partial charge is 0.292 e. The molecule has 0 aliphatic rings. The van der Waals surface area contributed by atoms with E-state index in [4.69, 9.17) is 20.0 Å². The van der Waals surface area contributed by atoms with Crippen molar-refractivity contribution in [3.8, 4) is 35.1 Å². The highest BCUT2D eigenvalue weighted by Gasteiger charge is 2.11. The number of nitriles is 2. The molecule has 0 unspecified atom stereocenters. The lowest BCUT2D eigenvalue weighted by Crippen LogP contribution is -1.88. The van der Waals surface area contributed by atoms with Crippen LogP contribution in [0.3, 0.4) is 0 Å². The average Bonchev–Trinajstić information content (AvgIpc) is 2.68. The van der Waals surface area contributed by atoms with Crippen molar-refractivity contribution in [1.82, 2.24) is 0 Å². The fourth-order valence-corrected chi connectivity index (χ4v) is 3.26. The van der Waals surface area contributed by atoms with E-state index >= 15 is 0 Å². The van der Waals surface area contributed by atoms with Crippen LogP contribution < -0.4 is 9.47 Å². The van der Waals surface area contributed by atoms with Gasteiger partial charge in [-0.05, 0) is 45.5 Å². The predicted molar refractivity (Wildman–Crippen MR) is 99.4 cm³/mol. The Hall–Kier alpha value is -4.02. The normalized spacial score (nSPS) is 10.2. The Bertz CT molecular complexity index is 1200. The molecule has 0 saturated carbocycles. The maximum atomic E-state index is 8.88. The minimum Gasteiger partial charge on any atom is -0.388 e. The monoisotopic (exact) mass is 336 g/mol. The quantitative estimate of drug-likeness (QED) is 0.471. The van der Waals surface area contributed by atoms with E-state index in [1.54, 1.807) is 24.6 Å². The van der Waals surface area contributed by atoms with E-state index in [0.717, 1.165) is 32.7 Å². The van der Waals surface area contributed by atoms with Gasteiger partial charge in [0.2, 0.25) is 0 Å². The third kappa shape index (κ3) is 2.56. The molecule has 26 heavy (non-hydrogen) atoms. The molecule has 0 spiro atoms. The maximum absolute atomic E-state index is 8.88. The predicted octanol–water partition coefficient (Wildman–Crippen LogP) is 5.38. The largest absolute Gasteiger partial charge is 0.388 e. The molecule has 0 fully saturated rings. The summed E-state index contributed by atoms with van der Waals surface area (Å²) in [6.07, 6.45) is 3.45. The van der Waals surface area contributed by atoms with Crippen molar-refractivity contribution in [1.29, 1.82) is 10.5 Å². The molecule has 4 aromatic carbocycles. The molecule has 0 bridgehead atoms. The van der Waals surface area contributed by atoms with Gasteiger partial charge in [0.25, 0.3) is 12.5 Å². The molecule has 4 rings (SSSR count). The van der Waals surface area contributed by atoms with Crippen LogP contribution in [0.2, 0.25) is 0 Å². The lowest BCUT2D eigenvalue weighted by Gasteiger charge is -2.12. The van der Waals surface area contributed by atoms with E-state index < -0.39 is 0 Å². The van der Waals surface area contributed by atoms with Gasteiger partial charge in [0.05, 0.1) is 0 Å². The Morgan fingerprint density at radius 1 is 0.615 bits per heavy atom. The molecule has 0 heterocycles. The lowest BCUT2D eigenvalue weighted by molar-refractivity contribution is 0.508. The molecular formula is C22H12N2O2. The van der Waals surface area contributed by atoms with Crippen LogP contribution in [0.25, 0.3) is 32.7 Å². The zero-order chi connectivity index (χ0) is 17.9. The van der Waals surface area contributed by atoms with Gasteiger partial charge in [-0.1, -0.05) is 54.6 Å². The van der Waals surface area contributed by atoms with Crippen LogP contribution in [0, 0.1) is 23.0 Å². The van der Waals surface area contributed by atoms with E-state index in [2.05, 4.69) is 0 Å².